The van der Waals surface area contributed by atoms with Crippen LogP contribution >= 0.6 is 0 Å². The van der Waals surface area contributed by atoms with Crippen LogP contribution in [-0.4, -0.2) is 40.2 Å². The quantitative estimate of drug-likeness (QED) is 0.806. The lowest BCUT2D eigenvalue weighted by atomic mass is 10.1. The number of amides is 1. The van der Waals surface area contributed by atoms with E-state index in [1.54, 1.807) is 36.1 Å². The van der Waals surface area contributed by atoms with E-state index in [1.165, 1.54) is 6.21 Å². The lowest BCUT2D eigenvalue weighted by Gasteiger charge is -2.18. The molecule has 134 valence electrons. The Bertz CT molecular complexity index is 933. The van der Waals surface area contributed by atoms with E-state index >= 15 is 0 Å². The first-order valence-electron chi connectivity index (χ1n) is 8.22. The molecule has 0 saturated heterocycles. The van der Waals surface area contributed by atoms with Crippen molar-refractivity contribution >= 4 is 17.8 Å². The highest BCUT2D eigenvalue weighted by Gasteiger charge is 2.13. The van der Waals surface area contributed by atoms with Crippen molar-refractivity contribution in [2.45, 2.75) is 20.8 Å². The normalized spacial score (nSPS) is 10.7. The maximum atomic E-state index is 12.3. The van der Waals surface area contributed by atoms with Gasteiger partial charge < -0.3 is 10.0 Å². The van der Waals surface area contributed by atoms with Crippen molar-refractivity contribution in [1.29, 1.82) is 5.26 Å². The second-order valence-electron chi connectivity index (χ2n) is 5.61. The SMILES string of the molecule is CCN(CC)C(=O)c1ccc(N=Cc2c(O)[nH]c(=O)c(C#N)c2C)cc1. The number of hydrogen-bond acceptors (Lipinski definition) is 5. The molecule has 0 aliphatic rings. The van der Waals surface area contributed by atoms with Gasteiger partial charge in [-0.2, -0.15) is 5.26 Å². The fourth-order valence-electron chi connectivity index (χ4n) is 2.54. The van der Waals surface area contributed by atoms with Gasteiger partial charge >= 0.3 is 0 Å². The van der Waals surface area contributed by atoms with E-state index in [9.17, 15) is 14.7 Å². The van der Waals surface area contributed by atoms with Gasteiger partial charge in [0.05, 0.1) is 11.3 Å². The van der Waals surface area contributed by atoms with Crippen LogP contribution in [0.4, 0.5) is 5.69 Å². The minimum absolute atomic E-state index is 0.0432. The Morgan fingerprint density at radius 3 is 2.46 bits per heavy atom. The van der Waals surface area contributed by atoms with Crippen molar-refractivity contribution in [2.75, 3.05) is 13.1 Å². The molecule has 26 heavy (non-hydrogen) atoms. The molecular formula is C19H20N4O3. The van der Waals surface area contributed by atoms with Gasteiger partial charge in [0.1, 0.15) is 11.6 Å². The summed E-state index contributed by atoms with van der Waals surface area (Å²) in [7, 11) is 0. The molecule has 0 unspecified atom stereocenters. The zero-order chi connectivity index (χ0) is 19.3. The maximum Gasteiger partial charge on any atom is 0.268 e. The first kappa shape index (κ1) is 18.9. The average molecular weight is 352 g/mol. The van der Waals surface area contributed by atoms with E-state index < -0.39 is 5.56 Å². The van der Waals surface area contributed by atoms with Crippen LogP contribution in [0.2, 0.25) is 0 Å². The summed E-state index contributed by atoms with van der Waals surface area (Å²) in [5.74, 6) is -0.387. The molecule has 0 spiro atoms. The number of aliphatic imine (C=N–C) groups is 1. The zero-order valence-corrected chi connectivity index (χ0v) is 14.9. The first-order valence-corrected chi connectivity index (χ1v) is 8.22. The molecule has 2 aromatic rings. The van der Waals surface area contributed by atoms with Crippen LogP contribution in [0.25, 0.3) is 0 Å². The molecule has 7 heteroatoms. The molecule has 1 aromatic heterocycles. The van der Waals surface area contributed by atoms with Crippen molar-refractivity contribution in [3.05, 3.63) is 56.9 Å². The fourth-order valence-corrected chi connectivity index (χ4v) is 2.54. The van der Waals surface area contributed by atoms with E-state index in [0.29, 0.717) is 29.9 Å². The zero-order valence-electron chi connectivity index (χ0n) is 14.9. The number of H-pyrrole nitrogens is 1. The number of aromatic amines is 1. The van der Waals surface area contributed by atoms with E-state index in [0.717, 1.165) is 0 Å². The average Bonchev–Trinajstić information content (AvgIpc) is 2.63. The van der Waals surface area contributed by atoms with E-state index in [-0.39, 0.29) is 22.9 Å². The molecule has 0 fully saturated rings. The number of carbonyl (C=O) groups is 1. The Balaban J connectivity index is 2.29. The topological polar surface area (TPSA) is 110 Å². The van der Waals surface area contributed by atoms with Gasteiger partial charge in [0, 0.05) is 24.9 Å². The first-order chi connectivity index (χ1) is 12.4. The van der Waals surface area contributed by atoms with Gasteiger partial charge in [-0.15, -0.1) is 0 Å². The van der Waals surface area contributed by atoms with Crippen LogP contribution in [-0.2, 0) is 0 Å². The number of benzene rings is 1. The van der Waals surface area contributed by atoms with Crippen LogP contribution < -0.4 is 5.56 Å². The largest absolute Gasteiger partial charge is 0.494 e. The molecule has 1 aromatic carbocycles. The molecule has 2 N–H and O–H groups in total. The summed E-state index contributed by atoms with van der Waals surface area (Å²) >= 11 is 0. The number of aromatic hydroxyl groups is 1. The van der Waals surface area contributed by atoms with E-state index in [2.05, 4.69) is 9.98 Å². The smallest absolute Gasteiger partial charge is 0.268 e. The summed E-state index contributed by atoms with van der Waals surface area (Å²) in [5, 5.41) is 18.9. The third-order valence-electron chi connectivity index (χ3n) is 4.11. The van der Waals surface area contributed by atoms with Crippen LogP contribution in [0.5, 0.6) is 5.88 Å². The molecule has 0 bridgehead atoms. The minimum Gasteiger partial charge on any atom is -0.494 e. The number of nitrogens with one attached hydrogen (secondary N) is 1. The van der Waals surface area contributed by atoms with Crippen LogP contribution in [0.15, 0.2) is 34.1 Å². The molecule has 0 radical (unpaired) electrons. The van der Waals surface area contributed by atoms with Gasteiger partial charge in [-0.1, -0.05) is 0 Å². The van der Waals surface area contributed by atoms with Crippen molar-refractivity contribution in [3.8, 4) is 11.9 Å². The van der Waals surface area contributed by atoms with Crippen molar-refractivity contribution in [1.82, 2.24) is 9.88 Å². The Hall–Kier alpha value is -3.40. The Labute approximate surface area is 151 Å². The van der Waals surface area contributed by atoms with E-state index in [1.807, 2.05) is 19.9 Å². The highest BCUT2D eigenvalue weighted by molar-refractivity contribution is 5.94. The van der Waals surface area contributed by atoms with Gasteiger partial charge in [0.15, 0.2) is 0 Å². The van der Waals surface area contributed by atoms with Crippen LogP contribution in [0.1, 0.15) is 40.9 Å². The Morgan fingerprint density at radius 1 is 1.31 bits per heavy atom. The summed E-state index contributed by atoms with van der Waals surface area (Å²) in [6.45, 7) is 6.70. The standard InChI is InChI=1S/C19H20N4O3/c1-4-23(5-2)19(26)13-6-8-14(9-7-13)21-11-16-12(3)15(10-20)17(24)22-18(16)25/h6-9,11H,4-5H2,1-3H3,(H2,22,24,25). The number of carbonyl (C=O) groups excluding carboxylic acids is 1. The predicted octanol–water partition coefficient (Wildman–Crippen LogP) is 2.49. The Kier molecular flexibility index (Phi) is 5.91. The lowest BCUT2D eigenvalue weighted by molar-refractivity contribution is 0.0773. The Morgan fingerprint density at radius 2 is 1.92 bits per heavy atom. The van der Waals surface area contributed by atoms with Crippen molar-refractivity contribution in [2.24, 2.45) is 4.99 Å². The summed E-state index contributed by atoms with van der Waals surface area (Å²) in [5.41, 5.74) is 1.06. The molecule has 0 atom stereocenters. The minimum atomic E-state index is -0.640. The number of nitriles is 1. The van der Waals surface area contributed by atoms with Crippen LogP contribution in [0, 0.1) is 18.3 Å². The van der Waals surface area contributed by atoms with Gasteiger partial charge in [-0.05, 0) is 50.6 Å². The van der Waals surface area contributed by atoms with E-state index in [4.69, 9.17) is 5.26 Å². The molecule has 7 nitrogen and oxygen atoms in total. The number of nitrogens with zero attached hydrogens (tertiary/aromatic N) is 3. The second kappa shape index (κ2) is 8.12. The second-order valence-corrected chi connectivity index (χ2v) is 5.61. The highest BCUT2D eigenvalue weighted by Crippen LogP contribution is 2.19. The lowest BCUT2D eigenvalue weighted by Crippen LogP contribution is -2.30. The molecule has 1 amide bonds. The molecule has 0 saturated carbocycles. The molecule has 0 aliphatic carbocycles. The summed E-state index contributed by atoms with van der Waals surface area (Å²) in [6.07, 6.45) is 1.38. The number of pyridine rings is 1. The number of aromatic nitrogens is 1. The predicted molar refractivity (Wildman–Crippen MR) is 99.1 cm³/mol. The van der Waals surface area contributed by atoms with Crippen LogP contribution in [0.3, 0.4) is 0 Å². The maximum absolute atomic E-state index is 12.3. The molecular weight excluding hydrogens is 332 g/mol. The summed E-state index contributed by atoms with van der Waals surface area (Å²) < 4.78 is 0. The van der Waals surface area contributed by atoms with Gasteiger partial charge in [0.2, 0.25) is 5.88 Å². The van der Waals surface area contributed by atoms with Gasteiger partial charge in [-0.25, -0.2) is 0 Å². The molecule has 2 rings (SSSR count). The monoisotopic (exact) mass is 352 g/mol. The third-order valence-corrected chi connectivity index (χ3v) is 4.11. The number of hydrogen-bond donors (Lipinski definition) is 2. The molecule has 1 heterocycles. The summed E-state index contributed by atoms with van der Waals surface area (Å²) in [4.78, 5) is 32.1. The van der Waals surface area contributed by atoms with Crippen molar-refractivity contribution in [3.63, 3.8) is 0 Å². The van der Waals surface area contributed by atoms with Crippen molar-refractivity contribution < 1.29 is 9.90 Å². The molecule has 0 aliphatic heterocycles. The van der Waals surface area contributed by atoms with Gasteiger partial charge in [0.25, 0.3) is 11.5 Å². The fraction of sp³-hybridized carbons (Fsp3) is 0.263. The third kappa shape index (κ3) is 3.81. The van der Waals surface area contributed by atoms with Gasteiger partial charge in [-0.3, -0.25) is 19.6 Å². The summed E-state index contributed by atoms with van der Waals surface area (Å²) in [6, 6.07) is 8.57. The number of rotatable bonds is 5. The highest BCUT2D eigenvalue weighted by atomic mass is 16.3.